The van der Waals surface area contributed by atoms with Crippen LogP contribution in [0.3, 0.4) is 0 Å². The predicted octanol–water partition coefficient (Wildman–Crippen LogP) is 3.67. The Kier molecular flexibility index (Phi) is 10.1. The molecule has 39 heavy (non-hydrogen) atoms. The topological polar surface area (TPSA) is 123 Å². The molecule has 3 atom stereocenters. The van der Waals surface area contributed by atoms with E-state index >= 15 is 0 Å². The van der Waals surface area contributed by atoms with E-state index in [4.69, 9.17) is 4.74 Å². The monoisotopic (exact) mass is 543 g/mol. The van der Waals surface area contributed by atoms with Gasteiger partial charge in [-0.2, -0.15) is 0 Å². The third-order valence-corrected chi connectivity index (χ3v) is 6.49. The Hall–Kier alpha value is -3.86. The summed E-state index contributed by atoms with van der Waals surface area (Å²) in [5, 5.41) is 18.0. The molecule has 1 aliphatic heterocycles. The molecule has 5 amide bonds. The number of carbonyl (C=O) groups is 3. The number of hydrogen-bond acceptors (Lipinski definition) is 5. The third kappa shape index (κ3) is 8.31. The molecular formula is C28H38FN5O5. The van der Waals surface area contributed by atoms with Crippen LogP contribution in [0.2, 0.25) is 0 Å². The summed E-state index contributed by atoms with van der Waals surface area (Å²) in [4.78, 5) is 41.6. The second-order valence-corrected chi connectivity index (χ2v) is 10.3. The highest BCUT2D eigenvalue weighted by molar-refractivity contribution is 6.00. The van der Waals surface area contributed by atoms with Gasteiger partial charge in [0.25, 0.3) is 0 Å². The molecule has 2 aromatic rings. The molecule has 11 heteroatoms. The van der Waals surface area contributed by atoms with Crippen LogP contribution in [0, 0.1) is 11.7 Å². The van der Waals surface area contributed by atoms with Gasteiger partial charge in [-0.1, -0.05) is 6.92 Å². The number of urea groups is 2. The minimum atomic E-state index is -0.531. The van der Waals surface area contributed by atoms with Gasteiger partial charge in [0, 0.05) is 42.5 Å². The second kappa shape index (κ2) is 13.3. The zero-order valence-electron chi connectivity index (χ0n) is 23.0. The lowest BCUT2D eigenvalue weighted by Crippen LogP contribution is -2.49. The van der Waals surface area contributed by atoms with Gasteiger partial charge in [-0.15, -0.1) is 0 Å². The molecule has 0 fully saturated rings. The molecule has 0 bridgehead atoms. The van der Waals surface area contributed by atoms with Crippen molar-refractivity contribution in [1.82, 2.24) is 15.1 Å². The van der Waals surface area contributed by atoms with Gasteiger partial charge in [-0.25, -0.2) is 14.0 Å². The molecule has 0 unspecified atom stereocenters. The number of nitrogens with one attached hydrogen (secondary N) is 3. The number of ether oxygens (including phenoxy) is 1. The number of rotatable bonds is 7. The number of nitrogens with zero attached hydrogens (tertiary/aromatic N) is 2. The summed E-state index contributed by atoms with van der Waals surface area (Å²) < 4.78 is 19.6. The maximum absolute atomic E-state index is 13.3. The lowest BCUT2D eigenvalue weighted by atomic mass is 10.0. The van der Waals surface area contributed by atoms with E-state index in [2.05, 4.69) is 16.0 Å². The number of aliphatic hydroxyl groups excluding tert-OH is 1. The predicted molar refractivity (Wildman–Crippen MR) is 147 cm³/mol. The van der Waals surface area contributed by atoms with Crippen LogP contribution < -0.4 is 20.7 Å². The van der Waals surface area contributed by atoms with Crippen LogP contribution in [0.1, 0.15) is 33.3 Å². The lowest BCUT2D eigenvalue weighted by Gasteiger charge is -2.34. The van der Waals surface area contributed by atoms with E-state index in [0.29, 0.717) is 29.2 Å². The second-order valence-electron chi connectivity index (χ2n) is 10.3. The highest BCUT2D eigenvalue weighted by Crippen LogP contribution is 2.29. The minimum Gasteiger partial charge on any atom is -0.488 e. The van der Waals surface area contributed by atoms with Gasteiger partial charge in [0.1, 0.15) is 17.7 Å². The molecular weight excluding hydrogens is 505 g/mol. The molecule has 0 spiro atoms. The average molecular weight is 544 g/mol. The Morgan fingerprint density at radius 3 is 2.41 bits per heavy atom. The van der Waals surface area contributed by atoms with E-state index < -0.39 is 24.0 Å². The van der Waals surface area contributed by atoms with Crippen molar-refractivity contribution in [2.24, 2.45) is 5.92 Å². The Bertz CT molecular complexity index is 1160. The number of aliphatic hydroxyl groups is 1. The Balaban J connectivity index is 1.86. The molecule has 2 aromatic carbocycles. The summed E-state index contributed by atoms with van der Waals surface area (Å²) in [7, 11) is 1.69. The van der Waals surface area contributed by atoms with Crippen LogP contribution in [-0.4, -0.2) is 77.8 Å². The maximum atomic E-state index is 13.3. The molecule has 4 N–H and O–H groups in total. The Morgan fingerprint density at radius 1 is 1.13 bits per heavy atom. The summed E-state index contributed by atoms with van der Waals surface area (Å²) in [5.41, 5.74) is 1.41. The highest BCUT2D eigenvalue weighted by atomic mass is 19.1. The molecule has 0 radical (unpaired) electrons. The third-order valence-electron chi connectivity index (χ3n) is 6.49. The molecule has 0 saturated heterocycles. The van der Waals surface area contributed by atoms with Gasteiger partial charge < -0.3 is 35.6 Å². The van der Waals surface area contributed by atoms with Crippen LogP contribution in [0.4, 0.5) is 25.4 Å². The van der Waals surface area contributed by atoms with Crippen LogP contribution >= 0.6 is 0 Å². The molecule has 0 saturated carbocycles. The van der Waals surface area contributed by atoms with Crippen molar-refractivity contribution >= 4 is 29.3 Å². The summed E-state index contributed by atoms with van der Waals surface area (Å²) in [5.74, 6) is -0.289. The number of benzene rings is 2. The SMILES string of the molecule is CC(C)NC(=O)N(C)C[C@H]1Oc2ccc(NC(=O)Nc3ccc(F)cc3)cc2CC(=O)N([C@@H](C)CO)C[C@@H]1C. The van der Waals surface area contributed by atoms with Crippen LogP contribution in [-0.2, 0) is 11.2 Å². The fourth-order valence-corrected chi connectivity index (χ4v) is 4.26. The molecule has 10 nitrogen and oxygen atoms in total. The molecule has 1 aliphatic rings. The molecule has 0 aromatic heterocycles. The molecule has 212 valence electrons. The van der Waals surface area contributed by atoms with Crippen molar-refractivity contribution < 1.29 is 28.6 Å². The Morgan fingerprint density at radius 2 is 1.77 bits per heavy atom. The first kappa shape index (κ1) is 29.7. The van der Waals surface area contributed by atoms with Crippen molar-refractivity contribution in [1.29, 1.82) is 0 Å². The number of carbonyl (C=O) groups excluding carboxylic acids is 3. The van der Waals surface area contributed by atoms with E-state index in [0.717, 1.165) is 0 Å². The van der Waals surface area contributed by atoms with Crippen molar-refractivity contribution in [2.75, 3.05) is 37.4 Å². The number of fused-ring (bicyclic) bond motifs is 1. The zero-order valence-corrected chi connectivity index (χ0v) is 23.0. The van der Waals surface area contributed by atoms with Crippen LogP contribution in [0.25, 0.3) is 0 Å². The largest absolute Gasteiger partial charge is 0.488 e. The molecule has 0 aliphatic carbocycles. The number of hydrogen-bond donors (Lipinski definition) is 4. The Labute approximate surface area is 228 Å². The van der Waals surface area contributed by atoms with Crippen molar-refractivity contribution in [3.05, 3.63) is 53.8 Å². The fourth-order valence-electron chi connectivity index (χ4n) is 4.26. The number of likely N-dealkylation sites (N-methyl/N-ethyl adjacent to an activating group) is 1. The summed E-state index contributed by atoms with van der Waals surface area (Å²) in [6.45, 7) is 7.90. The number of halogens is 1. The van der Waals surface area contributed by atoms with Crippen LogP contribution in [0.15, 0.2) is 42.5 Å². The smallest absolute Gasteiger partial charge is 0.323 e. The molecule has 3 rings (SSSR count). The summed E-state index contributed by atoms with van der Waals surface area (Å²) >= 11 is 0. The van der Waals surface area contributed by atoms with E-state index in [9.17, 15) is 23.9 Å². The van der Waals surface area contributed by atoms with Crippen molar-refractivity contribution in [3.63, 3.8) is 0 Å². The fraction of sp³-hybridized carbons (Fsp3) is 0.464. The first-order chi connectivity index (χ1) is 18.5. The number of anilines is 2. The summed E-state index contributed by atoms with van der Waals surface area (Å²) in [6, 6.07) is 9.20. The normalized spacial score (nSPS) is 18.2. The van der Waals surface area contributed by atoms with Gasteiger partial charge in [0.05, 0.1) is 25.6 Å². The van der Waals surface area contributed by atoms with Gasteiger partial charge >= 0.3 is 12.1 Å². The van der Waals surface area contributed by atoms with E-state index in [1.54, 1.807) is 42.0 Å². The molecule has 1 heterocycles. The standard InChI is InChI=1S/C28H38FN5O5/c1-17(2)30-28(38)33(5)15-25-18(3)14-34(19(4)16-35)26(36)13-20-12-23(10-11-24(20)39-25)32-27(37)31-22-8-6-21(29)7-9-22/h6-12,17-19,25,35H,13-16H2,1-5H3,(H,30,38)(H2,31,32,37)/t18-,19-,25+/m0/s1. The van der Waals surface area contributed by atoms with Gasteiger partial charge in [-0.3, -0.25) is 4.79 Å². The first-order valence-electron chi connectivity index (χ1n) is 13.0. The summed E-state index contributed by atoms with van der Waals surface area (Å²) in [6.07, 6.45) is -0.454. The quantitative estimate of drug-likeness (QED) is 0.424. The minimum absolute atomic E-state index is 0.00209. The van der Waals surface area contributed by atoms with E-state index in [1.807, 2.05) is 20.8 Å². The zero-order chi connectivity index (χ0) is 28.7. The van der Waals surface area contributed by atoms with Crippen molar-refractivity contribution in [2.45, 2.75) is 52.3 Å². The van der Waals surface area contributed by atoms with Gasteiger partial charge in [0.15, 0.2) is 0 Å². The van der Waals surface area contributed by atoms with E-state index in [1.165, 1.54) is 24.3 Å². The highest BCUT2D eigenvalue weighted by Gasteiger charge is 2.32. The number of amides is 5. The maximum Gasteiger partial charge on any atom is 0.323 e. The first-order valence-corrected chi connectivity index (χ1v) is 13.0. The van der Waals surface area contributed by atoms with Gasteiger partial charge in [0.2, 0.25) is 5.91 Å². The van der Waals surface area contributed by atoms with Crippen LogP contribution in [0.5, 0.6) is 5.75 Å². The average Bonchev–Trinajstić information content (AvgIpc) is 2.92. The van der Waals surface area contributed by atoms with Crippen molar-refractivity contribution in [3.8, 4) is 5.75 Å². The lowest BCUT2D eigenvalue weighted by molar-refractivity contribution is -0.134. The van der Waals surface area contributed by atoms with Gasteiger partial charge in [-0.05, 0) is 63.2 Å². The van der Waals surface area contributed by atoms with E-state index in [-0.39, 0.29) is 43.5 Å².